The summed E-state index contributed by atoms with van der Waals surface area (Å²) < 4.78 is 0. The lowest BCUT2D eigenvalue weighted by molar-refractivity contribution is -0.142. The van der Waals surface area contributed by atoms with Gasteiger partial charge in [-0.2, -0.15) is 0 Å². The number of aliphatic carboxylic acids is 1. The van der Waals surface area contributed by atoms with E-state index in [1.54, 1.807) is 0 Å². The van der Waals surface area contributed by atoms with Gasteiger partial charge in [0, 0.05) is 5.92 Å². The summed E-state index contributed by atoms with van der Waals surface area (Å²) in [6.07, 6.45) is 4.50. The number of hydrogen-bond acceptors (Lipinski definition) is 2. The molecule has 2 fully saturated rings. The van der Waals surface area contributed by atoms with Gasteiger partial charge < -0.3 is 10.4 Å². The van der Waals surface area contributed by atoms with Crippen molar-refractivity contribution in [1.82, 2.24) is 5.32 Å². The van der Waals surface area contributed by atoms with Crippen LogP contribution >= 0.6 is 0 Å². The van der Waals surface area contributed by atoms with Gasteiger partial charge in [-0.3, -0.25) is 4.79 Å². The molecular formula is C12H19NO3. The number of nitrogens with one attached hydrogen (secondary N) is 1. The van der Waals surface area contributed by atoms with Gasteiger partial charge in [-0.25, -0.2) is 4.79 Å². The molecule has 2 rings (SSSR count). The van der Waals surface area contributed by atoms with E-state index in [2.05, 4.69) is 5.32 Å². The van der Waals surface area contributed by atoms with Crippen LogP contribution in [-0.2, 0) is 9.59 Å². The first-order chi connectivity index (χ1) is 7.61. The molecule has 16 heavy (non-hydrogen) atoms. The van der Waals surface area contributed by atoms with Crippen LogP contribution in [-0.4, -0.2) is 23.0 Å². The number of carboxylic acids is 1. The average molecular weight is 225 g/mol. The molecule has 0 saturated heterocycles. The van der Waals surface area contributed by atoms with Crippen LogP contribution in [0.4, 0.5) is 0 Å². The van der Waals surface area contributed by atoms with Crippen molar-refractivity contribution < 1.29 is 14.7 Å². The monoisotopic (exact) mass is 225 g/mol. The van der Waals surface area contributed by atoms with Crippen LogP contribution in [0, 0.1) is 17.8 Å². The molecule has 0 spiro atoms. The van der Waals surface area contributed by atoms with Gasteiger partial charge >= 0.3 is 5.97 Å². The number of rotatable bonds is 5. The van der Waals surface area contributed by atoms with Gasteiger partial charge in [0.15, 0.2) is 0 Å². The van der Waals surface area contributed by atoms with Crippen LogP contribution in [0.15, 0.2) is 0 Å². The smallest absolute Gasteiger partial charge is 0.326 e. The molecule has 0 radical (unpaired) electrons. The molecule has 0 aliphatic heterocycles. The number of carbonyl (C=O) groups is 2. The number of carboxylic acid groups (broad SMARTS) is 1. The van der Waals surface area contributed by atoms with E-state index in [0.29, 0.717) is 6.42 Å². The lowest BCUT2D eigenvalue weighted by Gasteiger charge is -2.17. The second kappa shape index (κ2) is 4.44. The second-order valence-corrected chi connectivity index (χ2v) is 5.11. The summed E-state index contributed by atoms with van der Waals surface area (Å²) >= 11 is 0. The van der Waals surface area contributed by atoms with Gasteiger partial charge in [0.2, 0.25) is 5.91 Å². The maximum absolute atomic E-state index is 11.8. The van der Waals surface area contributed by atoms with Crippen molar-refractivity contribution in [2.75, 3.05) is 0 Å². The molecule has 3 unspecified atom stereocenters. The first-order valence-corrected chi connectivity index (χ1v) is 6.15. The summed E-state index contributed by atoms with van der Waals surface area (Å²) in [5.41, 5.74) is 0. The standard InChI is InChI=1S/C12H19NO3/c1-2-3-10(12(15)16)13-11(14)9-5-7-4-8(7)6-9/h7-10H,2-6H2,1H3,(H,13,14)(H,15,16). The minimum atomic E-state index is -0.918. The molecule has 0 bridgehead atoms. The number of fused-ring (bicyclic) bond motifs is 1. The highest BCUT2D eigenvalue weighted by molar-refractivity contribution is 5.85. The van der Waals surface area contributed by atoms with Crippen LogP contribution in [0.2, 0.25) is 0 Å². The highest BCUT2D eigenvalue weighted by Crippen LogP contribution is 2.54. The lowest BCUT2D eigenvalue weighted by Crippen LogP contribution is -2.43. The summed E-state index contributed by atoms with van der Waals surface area (Å²) in [7, 11) is 0. The van der Waals surface area contributed by atoms with Crippen LogP contribution in [0.1, 0.15) is 39.0 Å². The van der Waals surface area contributed by atoms with Crippen molar-refractivity contribution in [3.63, 3.8) is 0 Å². The molecule has 2 N–H and O–H groups in total. The highest BCUT2D eigenvalue weighted by Gasteiger charge is 2.48. The molecule has 90 valence electrons. The minimum absolute atomic E-state index is 0.0481. The molecule has 0 aromatic rings. The third kappa shape index (κ3) is 2.36. The third-order valence-corrected chi connectivity index (χ3v) is 3.81. The van der Waals surface area contributed by atoms with Crippen molar-refractivity contribution in [2.24, 2.45) is 17.8 Å². The normalized spacial score (nSPS) is 32.9. The van der Waals surface area contributed by atoms with E-state index < -0.39 is 12.0 Å². The van der Waals surface area contributed by atoms with Crippen LogP contribution < -0.4 is 5.32 Å². The molecule has 0 heterocycles. The minimum Gasteiger partial charge on any atom is -0.480 e. The fourth-order valence-electron chi connectivity index (χ4n) is 2.76. The Labute approximate surface area is 95.4 Å². The van der Waals surface area contributed by atoms with Crippen LogP contribution in [0.3, 0.4) is 0 Å². The maximum Gasteiger partial charge on any atom is 0.326 e. The van der Waals surface area contributed by atoms with E-state index in [-0.39, 0.29) is 11.8 Å². The number of amides is 1. The first kappa shape index (κ1) is 11.4. The van der Waals surface area contributed by atoms with Gasteiger partial charge in [0.05, 0.1) is 0 Å². The van der Waals surface area contributed by atoms with Gasteiger partial charge in [0.1, 0.15) is 6.04 Å². The van der Waals surface area contributed by atoms with E-state index in [9.17, 15) is 9.59 Å². The first-order valence-electron chi connectivity index (χ1n) is 6.15. The highest BCUT2D eigenvalue weighted by atomic mass is 16.4. The Morgan fingerprint density at radius 3 is 2.44 bits per heavy atom. The van der Waals surface area contributed by atoms with Crippen molar-refractivity contribution in [3.05, 3.63) is 0 Å². The molecule has 3 atom stereocenters. The summed E-state index contributed by atoms with van der Waals surface area (Å²) in [6.45, 7) is 1.92. The van der Waals surface area contributed by atoms with Crippen molar-refractivity contribution in [1.29, 1.82) is 0 Å². The summed E-state index contributed by atoms with van der Waals surface area (Å²) in [6, 6.07) is -0.700. The molecular weight excluding hydrogens is 206 g/mol. The third-order valence-electron chi connectivity index (χ3n) is 3.81. The van der Waals surface area contributed by atoms with Gasteiger partial charge in [-0.15, -0.1) is 0 Å². The van der Waals surface area contributed by atoms with E-state index >= 15 is 0 Å². The quantitative estimate of drug-likeness (QED) is 0.743. The Hall–Kier alpha value is -1.06. The summed E-state index contributed by atoms with van der Waals surface area (Å²) in [4.78, 5) is 22.7. The largest absolute Gasteiger partial charge is 0.480 e. The van der Waals surface area contributed by atoms with Crippen LogP contribution in [0.5, 0.6) is 0 Å². The van der Waals surface area contributed by atoms with Crippen molar-refractivity contribution in [3.8, 4) is 0 Å². The Balaban J connectivity index is 1.82. The summed E-state index contributed by atoms with van der Waals surface area (Å²) in [5, 5.41) is 11.6. The van der Waals surface area contributed by atoms with Crippen molar-refractivity contribution >= 4 is 11.9 Å². The van der Waals surface area contributed by atoms with Crippen molar-refractivity contribution in [2.45, 2.75) is 45.1 Å². The predicted molar refractivity (Wildman–Crippen MR) is 58.8 cm³/mol. The Kier molecular flexibility index (Phi) is 3.17. The molecule has 4 heteroatoms. The van der Waals surface area contributed by atoms with E-state index in [1.807, 2.05) is 6.92 Å². The van der Waals surface area contributed by atoms with Crippen LogP contribution in [0.25, 0.3) is 0 Å². The zero-order chi connectivity index (χ0) is 11.7. The van der Waals surface area contributed by atoms with E-state index in [4.69, 9.17) is 5.11 Å². The molecule has 2 aliphatic carbocycles. The molecule has 2 saturated carbocycles. The van der Waals surface area contributed by atoms with Gasteiger partial charge in [0.25, 0.3) is 0 Å². The van der Waals surface area contributed by atoms with E-state index in [0.717, 1.165) is 31.1 Å². The zero-order valence-electron chi connectivity index (χ0n) is 9.61. The predicted octanol–water partition coefficient (Wildman–Crippen LogP) is 1.40. The SMILES string of the molecule is CCCC(NC(=O)C1CC2CC2C1)C(=O)O. The number of hydrogen-bond donors (Lipinski definition) is 2. The molecule has 0 aromatic heterocycles. The topological polar surface area (TPSA) is 66.4 Å². The maximum atomic E-state index is 11.8. The molecule has 2 aliphatic rings. The fourth-order valence-corrected chi connectivity index (χ4v) is 2.76. The Bertz CT molecular complexity index is 293. The second-order valence-electron chi connectivity index (χ2n) is 5.11. The Morgan fingerprint density at radius 2 is 1.94 bits per heavy atom. The molecule has 4 nitrogen and oxygen atoms in total. The Morgan fingerprint density at radius 1 is 1.31 bits per heavy atom. The fraction of sp³-hybridized carbons (Fsp3) is 0.833. The summed E-state index contributed by atoms with van der Waals surface area (Å²) in [5.74, 6) is 0.615. The average Bonchev–Trinajstić information content (AvgIpc) is 2.84. The van der Waals surface area contributed by atoms with E-state index in [1.165, 1.54) is 6.42 Å². The zero-order valence-corrected chi connectivity index (χ0v) is 9.61. The van der Waals surface area contributed by atoms with Gasteiger partial charge in [-0.1, -0.05) is 13.3 Å². The molecule has 1 amide bonds. The molecule has 0 aromatic carbocycles. The number of carbonyl (C=O) groups excluding carboxylic acids is 1. The van der Waals surface area contributed by atoms with Gasteiger partial charge in [-0.05, 0) is 37.5 Å². The lowest BCUT2D eigenvalue weighted by atomic mass is 10.0.